The number of rotatable bonds is 24. The Kier molecular flexibility index (Phi) is 17.0. The standard InChI is InChI=1S/C39H46O13/c1-3-28(2)36(40)49-25-23-45-21-20-44-22-24-47-32-12-6-30(7-13-32)38(42)52-34-16-10-31(11-17-34)39(43)51-33-14-8-29(9-15-33)37(41)48-19-5-4-18-46-26-35-27-50-35/h6-17,28,35H,3-5,18-27H2,1-2H3. The summed E-state index contributed by atoms with van der Waals surface area (Å²) in [6.07, 6.45) is 2.44. The van der Waals surface area contributed by atoms with Crippen molar-refractivity contribution in [1.29, 1.82) is 0 Å². The first-order valence-corrected chi connectivity index (χ1v) is 17.4. The van der Waals surface area contributed by atoms with Crippen LogP contribution in [0.25, 0.3) is 0 Å². The second kappa shape index (κ2) is 22.2. The summed E-state index contributed by atoms with van der Waals surface area (Å²) in [5.41, 5.74) is 0.903. The molecular formula is C39H46O13. The minimum atomic E-state index is -0.616. The number of hydrogen-bond acceptors (Lipinski definition) is 13. The monoisotopic (exact) mass is 722 g/mol. The molecule has 0 bridgehead atoms. The van der Waals surface area contributed by atoms with Crippen LogP contribution in [0.3, 0.4) is 0 Å². The fourth-order valence-corrected chi connectivity index (χ4v) is 4.32. The summed E-state index contributed by atoms with van der Waals surface area (Å²) in [6.45, 7) is 7.92. The van der Waals surface area contributed by atoms with Crippen LogP contribution in [0, 0.1) is 5.92 Å². The highest BCUT2D eigenvalue weighted by molar-refractivity contribution is 5.93. The van der Waals surface area contributed by atoms with E-state index in [0.717, 1.165) is 19.4 Å². The Bertz CT molecular complexity index is 1530. The molecule has 0 saturated carbocycles. The Balaban J connectivity index is 1.07. The minimum absolute atomic E-state index is 0.112. The van der Waals surface area contributed by atoms with Crippen LogP contribution in [-0.4, -0.2) is 96.1 Å². The molecule has 13 nitrogen and oxygen atoms in total. The van der Waals surface area contributed by atoms with Gasteiger partial charge in [-0.3, -0.25) is 4.79 Å². The normalized spacial score (nSPS) is 13.8. The van der Waals surface area contributed by atoms with Crippen LogP contribution in [-0.2, 0) is 33.2 Å². The van der Waals surface area contributed by atoms with Gasteiger partial charge in [0.2, 0.25) is 0 Å². The molecule has 3 aromatic rings. The quantitative estimate of drug-likeness (QED) is 0.0497. The van der Waals surface area contributed by atoms with E-state index in [4.69, 9.17) is 42.6 Å². The third kappa shape index (κ3) is 14.8. The Hall–Kier alpha value is -4.82. The van der Waals surface area contributed by atoms with Crippen molar-refractivity contribution in [2.24, 2.45) is 5.92 Å². The maximum atomic E-state index is 12.7. The first kappa shape index (κ1) is 40.0. The number of benzene rings is 3. The second-order valence-electron chi connectivity index (χ2n) is 11.8. The zero-order chi connectivity index (χ0) is 37.0. The largest absolute Gasteiger partial charge is 0.491 e. The number of hydrogen-bond donors (Lipinski definition) is 0. The maximum Gasteiger partial charge on any atom is 0.343 e. The molecule has 0 aliphatic carbocycles. The number of carbonyl (C=O) groups is 4. The van der Waals surface area contributed by atoms with Gasteiger partial charge in [-0.1, -0.05) is 13.8 Å². The van der Waals surface area contributed by atoms with Gasteiger partial charge in [0.05, 0.1) is 68.9 Å². The van der Waals surface area contributed by atoms with E-state index >= 15 is 0 Å². The fraction of sp³-hybridized carbons (Fsp3) is 0.436. The lowest BCUT2D eigenvalue weighted by molar-refractivity contribution is -0.149. The Morgan fingerprint density at radius 2 is 1.08 bits per heavy atom. The summed E-state index contributed by atoms with van der Waals surface area (Å²) in [7, 11) is 0. The first-order valence-electron chi connectivity index (χ1n) is 17.4. The van der Waals surface area contributed by atoms with Crippen molar-refractivity contribution < 1.29 is 61.8 Å². The van der Waals surface area contributed by atoms with E-state index in [9.17, 15) is 19.2 Å². The Morgan fingerprint density at radius 1 is 0.596 bits per heavy atom. The zero-order valence-corrected chi connectivity index (χ0v) is 29.6. The lowest BCUT2D eigenvalue weighted by Gasteiger charge is -2.10. The number of esters is 4. The van der Waals surface area contributed by atoms with Crippen LogP contribution in [0.5, 0.6) is 17.2 Å². The zero-order valence-electron chi connectivity index (χ0n) is 29.6. The van der Waals surface area contributed by atoms with E-state index in [1.165, 1.54) is 48.5 Å². The van der Waals surface area contributed by atoms with Crippen molar-refractivity contribution in [1.82, 2.24) is 0 Å². The highest BCUT2D eigenvalue weighted by atomic mass is 16.6. The van der Waals surface area contributed by atoms with Gasteiger partial charge in [-0.05, 0) is 92.1 Å². The molecule has 4 rings (SSSR count). The molecule has 0 spiro atoms. The van der Waals surface area contributed by atoms with Crippen molar-refractivity contribution in [3.05, 3.63) is 89.5 Å². The van der Waals surface area contributed by atoms with Crippen LogP contribution in [0.4, 0.5) is 0 Å². The molecule has 1 aliphatic rings. The summed E-state index contributed by atoms with van der Waals surface area (Å²) in [6, 6.07) is 18.5. The molecule has 13 heteroatoms. The fourth-order valence-electron chi connectivity index (χ4n) is 4.32. The molecule has 280 valence electrons. The van der Waals surface area contributed by atoms with E-state index in [0.29, 0.717) is 69.5 Å². The van der Waals surface area contributed by atoms with Crippen molar-refractivity contribution in [2.75, 3.05) is 66.1 Å². The van der Waals surface area contributed by atoms with E-state index in [-0.39, 0.29) is 48.3 Å². The summed E-state index contributed by atoms with van der Waals surface area (Å²) in [4.78, 5) is 49.2. The maximum absolute atomic E-state index is 12.7. The van der Waals surface area contributed by atoms with E-state index in [2.05, 4.69) is 0 Å². The van der Waals surface area contributed by atoms with Gasteiger partial charge in [0, 0.05) is 6.61 Å². The Labute approximate surface area is 303 Å². The molecule has 1 saturated heterocycles. The van der Waals surface area contributed by atoms with E-state index in [1.807, 2.05) is 13.8 Å². The molecule has 1 heterocycles. The SMILES string of the molecule is CCC(C)C(=O)OCCOCCOCCOc1ccc(C(=O)Oc2ccc(C(=O)Oc3ccc(C(=O)OCCCCOCC4CO4)cc3)cc2)cc1. The molecule has 0 radical (unpaired) electrons. The molecule has 0 N–H and O–H groups in total. The predicted octanol–water partition coefficient (Wildman–Crippen LogP) is 5.48. The smallest absolute Gasteiger partial charge is 0.343 e. The molecule has 1 aliphatic heterocycles. The van der Waals surface area contributed by atoms with E-state index in [1.54, 1.807) is 24.3 Å². The van der Waals surface area contributed by atoms with Crippen molar-refractivity contribution in [3.63, 3.8) is 0 Å². The predicted molar refractivity (Wildman–Crippen MR) is 187 cm³/mol. The number of ether oxygens (including phenoxy) is 9. The van der Waals surface area contributed by atoms with Crippen LogP contribution < -0.4 is 14.2 Å². The molecule has 3 aromatic carbocycles. The van der Waals surface area contributed by atoms with Crippen molar-refractivity contribution in [2.45, 2.75) is 39.2 Å². The summed E-state index contributed by atoms with van der Waals surface area (Å²) >= 11 is 0. The van der Waals surface area contributed by atoms with Crippen molar-refractivity contribution in [3.8, 4) is 17.2 Å². The van der Waals surface area contributed by atoms with Gasteiger partial charge in [-0.15, -0.1) is 0 Å². The molecule has 0 amide bonds. The molecule has 0 aromatic heterocycles. The van der Waals surface area contributed by atoms with Gasteiger partial charge in [0.25, 0.3) is 0 Å². The summed E-state index contributed by atoms with van der Waals surface area (Å²) in [5, 5.41) is 0. The van der Waals surface area contributed by atoms with Crippen molar-refractivity contribution >= 4 is 23.9 Å². The number of epoxide rings is 1. The second-order valence-corrected chi connectivity index (χ2v) is 11.8. The number of carbonyl (C=O) groups excluding carboxylic acids is 4. The lowest BCUT2D eigenvalue weighted by atomic mass is 10.1. The molecule has 52 heavy (non-hydrogen) atoms. The molecule has 2 atom stereocenters. The highest BCUT2D eigenvalue weighted by Gasteiger charge is 2.22. The van der Waals surface area contributed by atoms with Crippen LogP contribution in [0.2, 0.25) is 0 Å². The number of unbranched alkanes of at least 4 members (excludes halogenated alkanes) is 1. The molecule has 1 fully saturated rings. The minimum Gasteiger partial charge on any atom is -0.491 e. The van der Waals surface area contributed by atoms with Gasteiger partial charge < -0.3 is 42.6 Å². The van der Waals surface area contributed by atoms with Crippen LogP contribution >= 0.6 is 0 Å². The lowest BCUT2D eigenvalue weighted by Crippen LogP contribution is -2.18. The highest BCUT2D eigenvalue weighted by Crippen LogP contribution is 2.19. The van der Waals surface area contributed by atoms with Gasteiger partial charge in [-0.2, -0.15) is 0 Å². The van der Waals surface area contributed by atoms with E-state index < -0.39 is 17.9 Å². The average molecular weight is 723 g/mol. The summed E-state index contributed by atoms with van der Waals surface area (Å²) < 4.78 is 48.3. The van der Waals surface area contributed by atoms with Gasteiger partial charge in [-0.25, -0.2) is 14.4 Å². The molecular weight excluding hydrogens is 676 g/mol. The van der Waals surface area contributed by atoms with Gasteiger partial charge in [0.1, 0.15) is 36.6 Å². The third-order valence-electron chi connectivity index (χ3n) is 7.67. The first-order chi connectivity index (χ1) is 25.3. The Morgan fingerprint density at radius 3 is 1.62 bits per heavy atom. The average Bonchev–Trinajstić information content (AvgIpc) is 4.00. The topological polar surface area (TPSA) is 155 Å². The molecule has 2 unspecified atom stereocenters. The van der Waals surface area contributed by atoms with Gasteiger partial charge >= 0.3 is 23.9 Å². The third-order valence-corrected chi connectivity index (χ3v) is 7.67. The van der Waals surface area contributed by atoms with Gasteiger partial charge in [0.15, 0.2) is 0 Å². The van der Waals surface area contributed by atoms with Crippen LogP contribution in [0.15, 0.2) is 72.8 Å². The summed E-state index contributed by atoms with van der Waals surface area (Å²) in [5.74, 6) is -0.921. The van der Waals surface area contributed by atoms with Crippen LogP contribution in [0.1, 0.15) is 64.2 Å².